The average molecular weight is 915 g/mol. The Morgan fingerprint density at radius 1 is 0.415 bits per heavy atom. The molecule has 3 N–H and O–H groups in total. The van der Waals surface area contributed by atoms with Crippen LogP contribution in [0.25, 0.3) is 0 Å². The Hall–Kier alpha value is -1.92. The Morgan fingerprint density at radius 3 is 1.12 bits per heavy atom. The quantitative estimate of drug-likeness (QED) is 0.0321. The van der Waals surface area contributed by atoms with Crippen molar-refractivity contribution in [2.75, 3.05) is 13.2 Å². The molecule has 0 aliphatic heterocycles. The maximum Gasteiger partial charge on any atom is 0.305 e. The molecule has 0 saturated carbocycles. The van der Waals surface area contributed by atoms with Gasteiger partial charge < -0.3 is 20.3 Å². The molecule has 0 aliphatic carbocycles. The number of rotatable bonds is 53. The molecule has 1 amide bonds. The van der Waals surface area contributed by atoms with Crippen LogP contribution in [0.3, 0.4) is 0 Å². The number of hydrogen-bond donors (Lipinski definition) is 3. The van der Waals surface area contributed by atoms with Crippen molar-refractivity contribution in [3.63, 3.8) is 0 Å². The second kappa shape index (κ2) is 54.7. The lowest BCUT2D eigenvalue weighted by Gasteiger charge is -2.19. The fourth-order valence-corrected chi connectivity index (χ4v) is 8.69. The van der Waals surface area contributed by atoms with Crippen LogP contribution in [0.4, 0.5) is 0 Å². The number of unbranched alkanes of at least 4 members (excludes halogenated alkanes) is 38. The van der Waals surface area contributed by atoms with E-state index in [9.17, 15) is 19.8 Å². The lowest BCUT2D eigenvalue weighted by atomic mass is 10.0. The molecule has 6 nitrogen and oxygen atoms in total. The summed E-state index contributed by atoms with van der Waals surface area (Å²) in [6, 6.07) is -0.667. The first-order valence-corrected chi connectivity index (χ1v) is 28.8. The highest BCUT2D eigenvalue weighted by Crippen LogP contribution is 2.16. The number of allylic oxidation sites excluding steroid dienone is 5. The monoisotopic (exact) mass is 914 g/mol. The molecule has 0 aromatic rings. The minimum absolute atomic E-state index is 0.0406. The van der Waals surface area contributed by atoms with Gasteiger partial charge in [0.2, 0.25) is 5.91 Å². The van der Waals surface area contributed by atoms with E-state index >= 15 is 0 Å². The molecule has 0 saturated heterocycles. The van der Waals surface area contributed by atoms with Gasteiger partial charge in [0.25, 0.3) is 0 Å². The molecule has 65 heavy (non-hydrogen) atoms. The highest BCUT2D eigenvalue weighted by Gasteiger charge is 2.18. The molecule has 0 aliphatic rings. The van der Waals surface area contributed by atoms with Crippen molar-refractivity contribution in [3.8, 4) is 0 Å². The van der Waals surface area contributed by atoms with Gasteiger partial charge in [-0.3, -0.25) is 9.59 Å². The number of aliphatic hydroxyl groups excluding tert-OH is 2. The maximum atomic E-state index is 12.4. The first kappa shape index (κ1) is 63.1. The Morgan fingerprint density at radius 2 is 0.738 bits per heavy atom. The van der Waals surface area contributed by atoms with Crippen molar-refractivity contribution < 1.29 is 24.5 Å². The van der Waals surface area contributed by atoms with Gasteiger partial charge in [-0.15, -0.1) is 0 Å². The smallest absolute Gasteiger partial charge is 0.305 e. The lowest BCUT2D eigenvalue weighted by molar-refractivity contribution is -0.143. The molecule has 0 rings (SSSR count). The third-order valence-corrected chi connectivity index (χ3v) is 13.1. The van der Waals surface area contributed by atoms with Crippen molar-refractivity contribution in [3.05, 3.63) is 36.5 Å². The van der Waals surface area contributed by atoms with E-state index in [1.165, 1.54) is 205 Å². The molecule has 0 radical (unpaired) electrons. The Kier molecular flexibility index (Phi) is 53.1. The van der Waals surface area contributed by atoms with E-state index < -0.39 is 12.1 Å². The number of aliphatic hydroxyl groups is 2. The summed E-state index contributed by atoms with van der Waals surface area (Å²) in [5, 5.41) is 23.1. The second-order valence-electron chi connectivity index (χ2n) is 19.6. The van der Waals surface area contributed by atoms with Crippen LogP contribution >= 0.6 is 0 Å². The summed E-state index contributed by atoms with van der Waals surface area (Å²) in [6.07, 6.45) is 67.4. The van der Waals surface area contributed by atoms with E-state index in [4.69, 9.17) is 4.74 Å². The average Bonchev–Trinajstić information content (AvgIpc) is 3.31. The maximum absolute atomic E-state index is 12.4. The summed E-state index contributed by atoms with van der Waals surface area (Å²) in [5.41, 5.74) is 0. The van der Waals surface area contributed by atoms with Crippen LogP contribution in [0.1, 0.15) is 303 Å². The lowest BCUT2D eigenvalue weighted by Crippen LogP contribution is -2.45. The fraction of sp³-hybridized carbons (Fsp3) is 0.864. The molecule has 0 heterocycles. The Balaban J connectivity index is 3.55. The second-order valence-corrected chi connectivity index (χ2v) is 19.6. The highest BCUT2D eigenvalue weighted by molar-refractivity contribution is 5.76. The predicted octanol–water partition coefficient (Wildman–Crippen LogP) is 17.6. The Labute approximate surface area is 404 Å². The molecule has 0 spiro atoms. The van der Waals surface area contributed by atoms with E-state index in [1.54, 1.807) is 6.08 Å². The van der Waals surface area contributed by atoms with Gasteiger partial charge in [0, 0.05) is 12.8 Å². The van der Waals surface area contributed by atoms with Gasteiger partial charge in [-0.05, 0) is 77.0 Å². The minimum atomic E-state index is -0.877. The van der Waals surface area contributed by atoms with Crippen LogP contribution in [-0.2, 0) is 14.3 Å². The number of carbonyl (C=O) groups excluding carboxylic acids is 2. The molecule has 6 heteroatoms. The normalized spacial score (nSPS) is 12.9. The van der Waals surface area contributed by atoms with Crippen molar-refractivity contribution >= 4 is 11.9 Å². The Bertz CT molecular complexity index is 1060. The molecule has 0 aromatic heterocycles. The molecule has 2 unspecified atom stereocenters. The summed E-state index contributed by atoms with van der Waals surface area (Å²) < 4.78 is 5.45. The van der Waals surface area contributed by atoms with Gasteiger partial charge >= 0.3 is 5.97 Å². The van der Waals surface area contributed by atoms with Crippen molar-refractivity contribution in [2.24, 2.45) is 0 Å². The van der Waals surface area contributed by atoms with Gasteiger partial charge in [0.05, 0.1) is 25.4 Å². The molecule has 382 valence electrons. The van der Waals surface area contributed by atoms with Gasteiger partial charge in [0.15, 0.2) is 0 Å². The van der Waals surface area contributed by atoms with Crippen LogP contribution in [0.5, 0.6) is 0 Å². The van der Waals surface area contributed by atoms with Gasteiger partial charge in [-0.2, -0.15) is 0 Å². The number of amides is 1. The van der Waals surface area contributed by atoms with E-state index in [-0.39, 0.29) is 18.5 Å². The third-order valence-electron chi connectivity index (χ3n) is 13.1. The van der Waals surface area contributed by atoms with Gasteiger partial charge in [-0.1, -0.05) is 249 Å². The van der Waals surface area contributed by atoms with E-state index in [2.05, 4.69) is 43.5 Å². The van der Waals surface area contributed by atoms with Gasteiger partial charge in [-0.25, -0.2) is 0 Å². The van der Waals surface area contributed by atoms with Crippen molar-refractivity contribution in [1.82, 2.24) is 5.32 Å². The minimum Gasteiger partial charge on any atom is -0.466 e. The van der Waals surface area contributed by atoms with Gasteiger partial charge in [0.1, 0.15) is 0 Å². The number of hydrogen-bond acceptors (Lipinski definition) is 5. The van der Waals surface area contributed by atoms with Crippen molar-refractivity contribution in [2.45, 2.75) is 315 Å². The molecular weight excluding hydrogens is 803 g/mol. The zero-order chi connectivity index (χ0) is 47.2. The summed E-state index contributed by atoms with van der Waals surface area (Å²) >= 11 is 0. The molecule has 0 fully saturated rings. The number of nitrogens with one attached hydrogen (secondary N) is 1. The zero-order valence-electron chi connectivity index (χ0n) is 43.5. The van der Waals surface area contributed by atoms with Crippen molar-refractivity contribution in [1.29, 1.82) is 0 Å². The largest absolute Gasteiger partial charge is 0.466 e. The van der Waals surface area contributed by atoms with E-state index in [0.717, 1.165) is 70.6 Å². The number of carbonyl (C=O) groups is 2. The van der Waals surface area contributed by atoms with Crippen LogP contribution in [0, 0.1) is 0 Å². The van der Waals surface area contributed by atoms with Crippen LogP contribution in [0.2, 0.25) is 0 Å². The molecule has 2 atom stereocenters. The summed E-state index contributed by atoms with van der Waals surface area (Å²) in [4.78, 5) is 24.5. The zero-order valence-corrected chi connectivity index (χ0v) is 43.5. The van der Waals surface area contributed by atoms with E-state index in [1.807, 2.05) is 6.08 Å². The molecule has 0 bridgehead atoms. The van der Waals surface area contributed by atoms with E-state index in [0.29, 0.717) is 19.4 Å². The van der Waals surface area contributed by atoms with Crippen LogP contribution < -0.4 is 5.32 Å². The number of ether oxygens (including phenoxy) is 1. The molecule has 0 aromatic carbocycles. The van der Waals surface area contributed by atoms with Crippen LogP contribution in [0.15, 0.2) is 36.5 Å². The first-order chi connectivity index (χ1) is 32.0. The summed E-state index contributed by atoms with van der Waals surface area (Å²) in [5.74, 6) is -0.167. The van der Waals surface area contributed by atoms with Crippen LogP contribution in [-0.4, -0.2) is 47.4 Å². The summed E-state index contributed by atoms with van der Waals surface area (Å²) in [6.45, 7) is 4.82. The third kappa shape index (κ3) is 51.3. The number of esters is 1. The topological polar surface area (TPSA) is 95.9 Å². The highest BCUT2D eigenvalue weighted by atomic mass is 16.5. The predicted molar refractivity (Wildman–Crippen MR) is 283 cm³/mol. The summed E-state index contributed by atoms with van der Waals surface area (Å²) in [7, 11) is 0. The standard InChI is InChI=1S/C59H111NO5/c1-3-5-7-9-11-13-15-17-19-21-23-24-25-26-28-30-32-35-39-43-47-51-57(62)56(55-61)60-58(63)52-48-44-40-36-34-38-42-46-50-54-65-59(64)53-49-45-41-37-33-31-29-27-22-20-18-16-14-12-10-8-6-4-2/h20,22,36,40,47,51,56-57,61-62H,3-19,21,23-35,37-39,41-46,48-50,52-55H2,1-2H3,(H,60,63)/b22-20-,40-36-,51-47+. The SMILES string of the molecule is CCCCCCCCC/C=C\CCCCCCCCCC(=O)OCCCCCC/C=C\CCCC(=O)NC(CO)C(O)/C=C/CCCCCCCCCCCCCCCCCCCCC. The first-order valence-electron chi connectivity index (χ1n) is 28.8. The fourth-order valence-electron chi connectivity index (χ4n) is 8.69. The molecular formula is C59H111NO5.